The van der Waals surface area contributed by atoms with Crippen molar-refractivity contribution < 1.29 is 8.85 Å². The molecule has 0 heterocycles. The Labute approximate surface area is 205 Å². The summed E-state index contributed by atoms with van der Waals surface area (Å²) in [7, 11) is 1.86. The number of hydrogen-bond donors (Lipinski definition) is 0. The molecule has 0 rings (SSSR count). The Morgan fingerprint density at radius 3 is 0.781 bits per heavy atom. The molecule has 0 N–H and O–H groups in total. The van der Waals surface area contributed by atoms with Gasteiger partial charge in [0.15, 0.2) is 0 Å². The molecule has 194 valence electrons. The van der Waals surface area contributed by atoms with Crippen molar-refractivity contribution >= 4 is 8.56 Å². The molecule has 0 amide bonds. The van der Waals surface area contributed by atoms with Crippen LogP contribution in [0.4, 0.5) is 0 Å². The van der Waals surface area contributed by atoms with Gasteiger partial charge in [0.25, 0.3) is 0 Å². The molecule has 0 unspecified atom stereocenters. The lowest BCUT2D eigenvalue weighted by atomic mass is 10.0. The van der Waals surface area contributed by atoms with E-state index in [1.807, 2.05) is 14.2 Å². The molecule has 0 saturated carbocycles. The highest BCUT2D eigenvalue weighted by Gasteiger charge is 2.33. The van der Waals surface area contributed by atoms with Crippen LogP contribution < -0.4 is 0 Å². The van der Waals surface area contributed by atoms with Gasteiger partial charge in [0, 0.05) is 14.2 Å². The van der Waals surface area contributed by atoms with Gasteiger partial charge in [-0.25, -0.2) is 0 Å². The van der Waals surface area contributed by atoms with Crippen molar-refractivity contribution in [3.8, 4) is 0 Å². The summed E-state index contributed by atoms with van der Waals surface area (Å²) in [5.41, 5.74) is 0. The van der Waals surface area contributed by atoms with Gasteiger partial charge in [-0.05, 0) is 12.1 Å². The molecule has 0 aromatic rings. The molecule has 0 bridgehead atoms. The van der Waals surface area contributed by atoms with Gasteiger partial charge in [-0.2, -0.15) is 0 Å². The summed E-state index contributed by atoms with van der Waals surface area (Å²) in [6, 6.07) is 2.38. The highest BCUT2D eigenvalue weighted by atomic mass is 28.4. The molecule has 0 saturated heterocycles. The van der Waals surface area contributed by atoms with Gasteiger partial charge in [-0.3, -0.25) is 0 Å². The standard InChI is InChI=1S/C29H62O2Si/c1-5-7-9-11-13-15-16-17-18-19-20-21-23-25-27-29-32(30-3,31-4)28-26-24-22-14-12-10-8-6-2/h5-29H2,1-4H3. The van der Waals surface area contributed by atoms with E-state index in [0.29, 0.717) is 0 Å². The molecule has 0 aromatic carbocycles. The zero-order valence-electron chi connectivity index (χ0n) is 23.0. The maximum absolute atomic E-state index is 5.98. The number of unbranched alkanes of at least 4 members (excludes halogenated alkanes) is 21. The van der Waals surface area contributed by atoms with Gasteiger partial charge in [-0.15, -0.1) is 0 Å². The predicted molar refractivity (Wildman–Crippen MR) is 147 cm³/mol. The molecule has 0 atom stereocenters. The van der Waals surface area contributed by atoms with Crippen molar-refractivity contribution in [2.45, 2.75) is 174 Å². The fourth-order valence-corrected chi connectivity index (χ4v) is 7.72. The average Bonchev–Trinajstić information content (AvgIpc) is 2.82. The van der Waals surface area contributed by atoms with Crippen molar-refractivity contribution in [1.29, 1.82) is 0 Å². The number of hydrogen-bond acceptors (Lipinski definition) is 2. The zero-order chi connectivity index (χ0) is 23.6. The van der Waals surface area contributed by atoms with Crippen molar-refractivity contribution in [3.05, 3.63) is 0 Å². The van der Waals surface area contributed by atoms with Crippen LogP contribution in [0.1, 0.15) is 162 Å². The second-order valence-electron chi connectivity index (χ2n) is 10.2. The van der Waals surface area contributed by atoms with Gasteiger partial charge >= 0.3 is 8.56 Å². The molecule has 3 heteroatoms. The molecular weight excluding hydrogens is 408 g/mol. The van der Waals surface area contributed by atoms with Gasteiger partial charge in [0.05, 0.1) is 0 Å². The van der Waals surface area contributed by atoms with Crippen LogP contribution in [0.5, 0.6) is 0 Å². The van der Waals surface area contributed by atoms with E-state index in [-0.39, 0.29) is 0 Å². The maximum Gasteiger partial charge on any atom is 0.337 e. The van der Waals surface area contributed by atoms with Crippen LogP contribution in [0.3, 0.4) is 0 Å². The highest BCUT2D eigenvalue weighted by molar-refractivity contribution is 6.67. The minimum Gasteiger partial charge on any atom is -0.398 e. The van der Waals surface area contributed by atoms with E-state index in [1.54, 1.807) is 0 Å². The minimum atomic E-state index is -1.93. The Kier molecular flexibility index (Phi) is 25.9. The summed E-state index contributed by atoms with van der Waals surface area (Å²) < 4.78 is 12.0. The quantitative estimate of drug-likeness (QED) is 0.0877. The summed E-state index contributed by atoms with van der Waals surface area (Å²) in [5, 5.41) is 0. The van der Waals surface area contributed by atoms with Crippen molar-refractivity contribution in [2.24, 2.45) is 0 Å². The topological polar surface area (TPSA) is 18.5 Å². The summed E-state index contributed by atoms with van der Waals surface area (Å²) in [4.78, 5) is 0. The lowest BCUT2D eigenvalue weighted by Gasteiger charge is -2.27. The lowest BCUT2D eigenvalue weighted by Crippen LogP contribution is -2.39. The van der Waals surface area contributed by atoms with Crippen LogP contribution in [0.2, 0.25) is 12.1 Å². The summed E-state index contributed by atoms with van der Waals surface area (Å²) >= 11 is 0. The average molecular weight is 471 g/mol. The first-order valence-electron chi connectivity index (χ1n) is 14.8. The van der Waals surface area contributed by atoms with Crippen molar-refractivity contribution in [2.75, 3.05) is 14.2 Å². The van der Waals surface area contributed by atoms with Gasteiger partial charge in [0.2, 0.25) is 0 Å². The second-order valence-corrected chi connectivity index (χ2v) is 13.9. The third-order valence-corrected chi connectivity index (χ3v) is 11.0. The lowest BCUT2D eigenvalue weighted by molar-refractivity contribution is 0.238. The molecule has 0 aliphatic rings. The van der Waals surface area contributed by atoms with Crippen LogP contribution >= 0.6 is 0 Å². The number of rotatable bonds is 27. The Hall–Kier alpha value is 0.137. The monoisotopic (exact) mass is 470 g/mol. The molecule has 0 aliphatic heterocycles. The van der Waals surface area contributed by atoms with E-state index in [0.717, 1.165) is 0 Å². The van der Waals surface area contributed by atoms with E-state index in [2.05, 4.69) is 13.8 Å². The van der Waals surface area contributed by atoms with Gasteiger partial charge in [-0.1, -0.05) is 162 Å². The first-order chi connectivity index (χ1) is 15.7. The zero-order valence-corrected chi connectivity index (χ0v) is 24.0. The molecule has 0 aliphatic carbocycles. The van der Waals surface area contributed by atoms with Crippen molar-refractivity contribution in [3.63, 3.8) is 0 Å². The molecule has 0 fully saturated rings. The predicted octanol–water partition coefficient (Wildman–Crippen LogP) is 10.7. The first-order valence-corrected chi connectivity index (χ1v) is 17.1. The molecule has 32 heavy (non-hydrogen) atoms. The Morgan fingerprint density at radius 1 is 0.344 bits per heavy atom. The normalized spacial score (nSPS) is 12.0. The van der Waals surface area contributed by atoms with Gasteiger partial charge < -0.3 is 8.85 Å². The van der Waals surface area contributed by atoms with Crippen LogP contribution in [0, 0.1) is 0 Å². The summed E-state index contributed by atoms with van der Waals surface area (Å²) in [5.74, 6) is 0. The highest BCUT2D eigenvalue weighted by Crippen LogP contribution is 2.25. The third-order valence-electron chi connectivity index (χ3n) is 7.32. The maximum atomic E-state index is 5.98. The second kappa shape index (κ2) is 25.8. The van der Waals surface area contributed by atoms with Gasteiger partial charge in [0.1, 0.15) is 0 Å². The summed E-state index contributed by atoms with van der Waals surface area (Å²) in [6.07, 6.45) is 32.4. The van der Waals surface area contributed by atoms with Crippen LogP contribution in [-0.2, 0) is 8.85 Å². The van der Waals surface area contributed by atoms with Crippen LogP contribution in [0.25, 0.3) is 0 Å². The van der Waals surface area contributed by atoms with Crippen LogP contribution in [0.15, 0.2) is 0 Å². The smallest absolute Gasteiger partial charge is 0.337 e. The van der Waals surface area contributed by atoms with E-state index in [4.69, 9.17) is 8.85 Å². The van der Waals surface area contributed by atoms with E-state index < -0.39 is 8.56 Å². The fraction of sp³-hybridized carbons (Fsp3) is 1.00. The van der Waals surface area contributed by atoms with Crippen LogP contribution in [-0.4, -0.2) is 22.8 Å². The molecule has 2 nitrogen and oxygen atoms in total. The van der Waals surface area contributed by atoms with E-state index in [9.17, 15) is 0 Å². The molecular formula is C29H62O2Si. The Bertz CT molecular complexity index is 344. The first kappa shape index (κ1) is 32.1. The third kappa shape index (κ3) is 20.7. The molecule has 0 radical (unpaired) electrons. The Balaban J connectivity index is 3.54. The minimum absolute atomic E-state index is 1.19. The van der Waals surface area contributed by atoms with E-state index in [1.165, 1.54) is 160 Å². The largest absolute Gasteiger partial charge is 0.398 e. The fourth-order valence-electron chi connectivity index (χ4n) is 4.91. The summed E-state index contributed by atoms with van der Waals surface area (Å²) in [6.45, 7) is 4.59. The molecule has 0 aromatic heterocycles. The SMILES string of the molecule is CCCCCCCCCCCCCCCCC[Si](CCCCCCCCCC)(OC)OC. The molecule has 0 spiro atoms. The Morgan fingerprint density at radius 2 is 0.562 bits per heavy atom. The van der Waals surface area contributed by atoms with E-state index >= 15 is 0 Å². The van der Waals surface area contributed by atoms with Crippen molar-refractivity contribution in [1.82, 2.24) is 0 Å².